The first-order chi connectivity index (χ1) is 10.3. The fraction of sp³-hybridized carbons (Fsp3) is 0.529. The van der Waals surface area contributed by atoms with Gasteiger partial charge >= 0.3 is 0 Å². The van der Waals surface area contributed by atoms with Gasteiger partial charge in [-0.3, -0.25) is 9.69 Å². The van der Waals surface area contributed by atoms with Gasteiger partial charge in [0.05, 0.1) is 5.41 Å². The highest BCUT2D eigenvalue weighted by Gasteiger charge is 2.62. The predicted molar refractivity (Wildman–Crippen MR) is 96.0 cm³/mol. The molecule has 0 spiro atoms. The molecule has 3 nitrogen and oxygen atoms in total. The van der Waals surface area contributed by atoms with E-state index in [0.29, 0.717) is 5.11 Å². The van der Waals surface area contributed by atoms with E-state index < -0.39 is 10.3 Å². The molecule has 5 heteroatoms. The number of carbonyl (C=O) groups excluding carboxylic acids is 1. The van der Waals surface area contributed by atoms with Crippen LogP contribution in [0.2, 0.25) is 0 Å². The van der Waals surface area contributed by atoms with Crippen LogP contribution < -0.4 is 0 Å². The number of fused-ring (bicyclic) bond motifs is 1. The molecular formula is C17H22N2OS2. The minimum absolute atomic E-state index is 0.0478. The number of nitrogens with zero attached hydrogens (tertiary/aromatic N) is 2. The molecule has 2 aliphatic heterocycles. The summed E-state index contributed by atoms with van der Waals surface area (Å²) in [6, 6.07) is 10.4. The lowest BCUT2D eigenvalue weighted by molar-refractivity contribution is -0.146. The third kappa shape index (κ3) is 1.95. The molecule has 0 bridgehead atoms. The number of carbonyl (C=O) groups is 1. The lowest BCUT2D eigenvalue weighted by atomic mass is 9.68. The Bertz CT molecular complexity index is 616. The van der Waals surface area contributed by atoms with Gasteiger partial charge in [0.2, 0.25) is 5.91 Å². The van der Waals surface area contributed by atoms with Gasteiger partial charge in [-0.2, -0.15) is 0 Å². The van der Waals surface area contributed by atoms with Crippen molar-refractivity contribution in [3.05, 3.63) is 35.9 Å². The first kappa shape index (κ1) is 15.8. The van der Waals surface area contributed by atoms with Gasteiger partial charge in [-0.25, -0.2) is 0 Å². The fourth-order valence-electron chi connectivity index (χ4n) is 3.96. The monoisotopic (exact) mass is 334 g/mol. The van der Waals surface area contributed by atoms with Crippen LogP contribution in [0.3, 0.4) is 0 Å². The normalized spacial score (nSPS) is 31.2. The molecule has 22 heavy (non-hydrogen) atoms. The number of thiol groups is 1. The minimum Gasteiger partial charge on any atom is -0.333 e. The largest absolute Gasteiger partial charge is 0.333 e. The summed E-state index contributed by atoms with van der Waals surface area (Å²) in [6.07, 6.45) is 2.08. The van der Waals surface area contributed by atoms with Gasteiger partial charge in [0.25, 0.3) is 0 Å². The number of thiocarbonyl (C=S) groups is 1. The molecule has 2 heterocycles. The van der Waals surface area contributed by atoms with Gasteiger partial charge in [-0.15, -0.1) is 12.6 Å². The molecule has 0 aromatic heterocycles. The van der Waals surface area contributed by atoms with Crippen molar-refractivity contribution in [2.24, 2.45) is 5.41 Å². The highest BCUT2D eigenvalue weighted by Crippen LogP contribution is 2.56. The first-order valence-electron chi connectivity index (χ1n) is 7.69. The number of hydrogen-bond donors (Lipinski definition) is 1. The number of piperidine rings is 1. The van der Waals surface area contributed by atoms with Crippen molar-refractivity contribution >= 4 is 35.9 Å². The molecule has 0 saturated carbocycles. The third-order valence-corrected chi connectivity index (χ3v) is 6.86. The predicted octanol–water partition coefficient (Wildman–Crippen LogP) is 3.28. The number of benzene rings is 1. The van der Waals surface area contributed by atoms with Crippen LogP contribution in [-0.2, 0) is 4.79 Å². The Hall–Kier alpha value is -1.07. The Morgan fingerprint density at radius 3 is 2.55 bits per heavy atom. The van der Waals surface area contributed by atoms with Crippen molar-refractivity contribution < 1.29 is 4.79 Å². The van der Waals surface area contributed by atoms with Crippen molar-refractivity contribution in [3.63, 3.8) is 0 Å². The highest BCUT2D eigenvalue weighted by molar-refractivity contribution is 7.82. The van der Waals surface area contributed by atoms with E-state index >= 15 is 0 Å². The van der Waals surface area contributed by atoms with Crippen LogP contribution in [0.15, 0.2) is 30.3 Å². The van der Waals surface area contributed by atoms with Crippen molar-refractivity contribution in [2.45, 2.75) is 37.5 Å². The van der Waals surface area contributed by atoms with Gasteiger partial charge < -0.3 is 4.90 Å². The average Bonchev–Trinajstić information content (AvgIpc) is 2.52. The summed E-state index contributed by atoms with van der Waals surface area (Å²) in [4.78, 5) is 16.0. The molecule has 2 atom stereocenters. The maximum absolute atomic E-state index is 12.9. The van der Waals surface area contributed by atoms with Crippen LogP contribution in [0.25, 0.3) is 0 Å². The first-order valence-corrected chi connectivity index (χ1v) is 8.54. The van der Waals surface area contributed by atoms with Crippen LogP contribution in [0, 0.1) is 5.41 Å². The molecule has 2 fully saturated rings. The topological polar surface area (TPSA) is 23.6 Å². The van der Waals surface area contributed by atoms with Crippen LogP contribution >= 0.6 is 24.8 Å². The molecule has 118 valence electrons. The lowest BCUT2D eigenvalue weighted by Gasteiger charge is -2.61. The minimum atomic E-state index is -0.617. The van der Waals surface area contributed by atoms with Crippen molar-refractivity contribution in [1.82, 2.24) is 9.80 Å². The molecule has 2 unspecified atom stereocenters. The summed E-state index contributed by atoms with van der Waals surface area (Å²) in [6.45, 7) is 4.84. The van der Waals surface area contributed by atoms with E-state index in [1.165, 1.54) is 5.56 Å². The second-order valence-electron chi connectivity index (χ2n) is 6.76. The van der Waals surface area contributed by atoms with E-state index in [1.807, 2.05) is 32.0 Å². The number of rotatable bonds is 1. The smallest absolute Gasteiger partial charge is 0.237 e. The summed E-state index contributed by atoms with van der Waals surface area (Å²) in [5.74, 6) is 0.225. The Balaban J connectivity index is 2.15. The van der Waals surface area contributed by atoms with Crippen molar-refractivity contribution in [2.75, 3.05) is 13.6 Å². The summed E-state index contributed by atoms with van der Waals surface area (Å²) in [5.41, 5.74) is 0.615. The molecule has 1 amide bonds. The van der Waals surface area contributed by atoms with E-state index in [9.17, 15) is 4.79 Å². The standard InChI is InChI=1S/C17H22N2OS2/c1-16(2)14(20)18(3)15(21)19-11-7-10-13(17(16,19)22)12-8-5-4-6-9-12/h4-6,8-9,13,22H,7,10-11H2,1-3H3. The van der Waals surface area contributed by atoms with Crippen molar-refractivity contribution in [1.29, 1.82) is 0 Å². The lowest BCUT2D eigenvalue weighted by Crippen LogP contribution is -2.72. The molecule has 2 saturated heterocycles. The van der Waals surface area contributed by atoms with Crippen LogP contribution in [0.5, 0.6) is 0 Å². The Morgan fingerprint density at radius 1 is 1.27 bits per heavy atom. The van der Waals surface area contributed by atoms with Gasteiger partial charge in [-0.1, -0.05) is 30.3 Å². The SMILES string of the molecule is CN1C(=O)C(C)(C)C2(S)C(c3ccccc3)CCCN2C1=S. The quantitative estimate of drug-likeness (QED) is 0.630. The van der Waals surface area contributed by atoms with Gasteiger partial charge in [0, 0.05) is 19.5 Å². The second kappa shape index (κ2) is 5.24. The maximum Gasteiger partial charge on any atom is 0.237 e. The van der Waals surface area contributed by atoms with Crippen LogP contribution in [0.1, 0.15) is 38.2 Å². The summed E-state index contributed by atoms with van der Waals surface area (Å²) in [5, 5.41) is 0.597. The van der Waals surface area contributed by atoms with E-state index in [2.05, 4.69) is 17.0 Å². The number of amides is 1. The Kier molecular flexibility index (Phi) is 3.76. The summed E-state index contributed by atoms with van der Waals surface area (Å²) >= 11 is 10.7. The summed E-state index contributed by atoms with van der Waals surface area (Å²) in [7, 11) is 1.77. The second-order valence-corrected chi connectivity index (χ2v) is 7.80. The van der Waals surface area contributed by atoms with E-state index in [4.69, 9.17) is 24.8 Å². The summed E-state index contributed by atoms with van der Waals surface area (Å²) < 4.78 is 0. The van der Waals surface area contributed by atoms with Gasteiger partial charge in [-0.05, 0) is 44.5 Å². The van der Waals surface area contributed by atoms with E-state index in [0.717, 1.165) is 19.4 Å². The molecule has 2 aliphatic rings. The Labute approximate surface area is 143 Å². The third-order valence-electron chi connectivity index (χ3n) is 5.25. The highest BCUT2D eigenvalue weighted by atomic mass is 32.1. The van der Waals surface area contributed by atoms with Crippen LogP contribution in [0.4, 0.5) is 0 Å². The Morgan fingerprint density at radius 2 is 1.91 bits per heavy atom. The fourth-order valence-corrected chi connectivity index (χ4v) is 4.91. The molecule has 1 aromatic rings. The zero-order valence-electron chi connectivity index (χ0n) is 13.2. The van der Waals surface area contributed by atoms with Crippen LogP contribution in [-0.4, -0.2) is 39.3 Å². The molecule has 0 N–H and O–H groups in total. The molecule has 0 aliphatic carbocycles. The molecule has 0 radical (unpaired) electrons. The maximum atomic E-state index is 12.9. The van der Waals surface area contributed by atoms with Crippen molar-refractivity contribution in [3.8, 4) is 0 Å². The van der Waals surface area contributed by atoms with Gasteiger partial charge in [0.15, 0.2) is 5.11 Å². The molecule has 1 aromatic carbocycles. The molecular weight excluding hydrogens is 312 g/mol. The zero-order valence-corrected chi connectivity index (χ0v) is 15.0. The van der Waals surface area contributed by atoms with E-state index in [-0.39, 0.29) is 11.8 Å². The molecule has 3 rings (SSSR count). The van der Waals surface area contributed by atoms with E-state index in [1.54, 1.807) is 11.9 Å². The van der Waals surface area contributed by atoms with Gasteiger partial charge in [0.1, 0.15) is 4.87 Å². The number of hydrogen-bond acceptors (Lipinski definition) is 3. The zero-order chi connectivity index (χ0) is 16.1. The average molecular weight is 335 g/mol.